The van der Waals surface area contributed by atoms with Gasteiger partial charge >= 0.3 is 0 Å². The SMILES string of the molecule is CC(C)C(C)Sc1ccc(/C(N)=N/O)cc1F. The predicted molar refractivity (Wildman–Crippen MR) is 69.1 cm³/mol. The molecule has 1 rings (SSSR count). The lowest BCUT2D eigenvalue weighted by molar-refractivity contribution is 0.318. The molecule has 0 spiro atoms. The zero-order valence-corrected chi connectivity index (χ0v) is 11.0. The van der Waals surface area contributed by atoms with E-state index in [4.69, 9.17) is 10.9 Å². The molecule has 1 unspecified atom stereocenters. The summed E-state index contributed by atoms with van der Waals surface area (Å²) in [5.41, 5.74) is 5.77. The Bertz CT molecular complexity index is 421. The monoisotopic (exact) mass is 256 g/mol. The van der Waals surface area contributed by atoms with Gasteiger partial charge in [0.2, 0.25) is 0 Å². The van der Waals surface area contributed by atoms with E-state index in [0.717, 1.165) is 0 Å². The Labute approximate surface area is 105 Å². The number of amidine groups is 1. The van der Waals surface area contributed by atoms with Crippen LogP contribution in [-0.4, -0.2) is 16.3 Å². The molecule has 3 nitrogen and oxygen atoms in total. The van der Waals surface area contributed by atoms with Gasteiger partial charge in [0.25, 0.3) is 0 Å². The highest BCUT2D eigenvalue weighted by atomic mass is 32.2. The standard InChI is InChI=1S/C12H17FN2OS/c1-7(2)8(3)17-11-5-4-9(6-10(11)13)12(14)15-16/h4-8,16H,1-3H3,(H2,14,15). The Morgan fingerprint density at radius 3 is 2.53 bits per heavy atom. The second-order valence-electron chi connectivity index (χ2n) is 4.20. The Morgan fingerprint density at radius 1 is 1.41 bits per heavy atom. The van der Waals surface area contributed by atoms with Crippen LogP contribution < -0.4 is 5.73 Å². The maximum atomic E-state index is 13.8. The van der Waals surface area contributed by atoms with E-state index < -0.39 is 0 Å². The molecule has 3 N–H and O–H groups in total. The van der Waals surface area contributed by atoms with E-state index in [-0.39, 0.29) is 11.7 Å². The Morgan fingerprint density at radius 2 is 2.06 bits per heavy atom. The van der Waals surface area contributed by atoms with E-state index in [9.17, 15) is 4.39 Å². The van der Waals surface area contributed by atoms with Crippen molar-refractivity contribution in [2.45, 2.75) is 30.9 Å². The summed E-state index contributed by atoms with van der Waals surface area (Å²) in [5, 5.41) is 11.7. The summed E-state index contributed by atoms with van der Waals surface area (Å²) in [6, 6.07) is 4.59. The third kappa shape index (κ3) is 3.63. The quantitative estimate of drug-likeness (QED) is 0.286. The second-order valence-corrected chi connectivity index (χ2v) is 5.62. The van der Waals surface area contributed by atoms with Gasteiger partial charge in [-0.15, -0.1) is 11.8 Å². The number of rotatable bonds is 4. The van der Waals surface area contributed by atoms with E-state index in [1.807, 2.05) is 0 Å². The molecule has 94 valence electrons. The van der Waals surface area contributed by atoms with Crippen molar-refractivity contribution >= 4 is 17.6 Å². The van der Waals surface area contributed by atoms with Crippen LogP contribution in [0.3, 0.4) is 0 Å². The molecule has 0 heterocycles. The molecule has 0 aliphatic rings. The van der Waals surface area contributed by atoms with Gasteiger partial charge in [-0.1, -0.05) is 25.9 Å². The van der Waals surface area contributed by atoms with Crippen molar-refractivity contribution in [2.75, 3.05) is 0 Å². The van der Waals surface area contributed by atoms with E-state index in [1.165, 1.54) is 17.8 Å². The van der Waals surface area contributed by atoms with Crippen molar-refractivity contribution < 1.29 is 9.60 Å². The van der Waals surface area contributed by atoms with Crippen LogP contribution in [0.25, 0.3) is 0 Å². The third-order valence-corrected chi connectivity index (χ3v) is 4.09. The van der Waals surface area contributed by atoms with Crippen LogP contribution in [-0.2, 0) is 0 Å². The highest BCUT2D eigenvalue weighted by molar-refractivity contribution is 8.00. The van der Waals surface area contributed by atoms with Crippen molar-refractivity contribution in [3.8, 4) is 0 Å². The molecule has 1 aromatic carbocycles. The lowest BCUT2D eigenvalue weighted by atomic mass is 10.2. The number of oxime groups is 1. The summed E-state index contributed by atoms with van der Waals surface area (Å²) in [5.74, 6) is 0.0482. The first-order valence-corrected chi connectivity index (χ1v) is 6.27. The van der Waals surface area contributed by atoms with Gasteiger partial charge in [-0.3, -0.25) is 0 Å². The molecule has 0 saturated carbocycles. The molecular formula is C12H17FN2OS. The molecule has 0 aliphatic heterocycles. The molecule has 0 saturated heterocycles. The Kier molecular flexibility index (Phi) is 4.81. The molecule has 0 aromatic heterocycles. The van der Waals surface area contributed by atoms with Crippen LogP contribution in [0.5, 0.6) is 0 Å². The minimum Gasteiger partial charge on any atom is -0.409 e. The molecule has 17 heavy (non-hydrogen) atoms. The van der Waals surface area contributed by atoms with Gasteiger partial charge in [-0.2, -0.15) is 0 Å². The topological polar surface area (TPSA) is 58.6 Å². The van der Waals surface area contributed by atoms with Crippen molar-refractivity contribution in [2.24, 2.45) is 16.8 Å². The molecule has 5 heteroatoms. The van der Waals surface area contributed by atoms with Crippen LogP contribution in [0.4, 0.5) is 4.39 Å². The molecule has 0 amide bonds. The van der Waals surface area contributed by atoms with Crippen LogP contribution in [0, 0.1) is 11.7 Å². The number of thioether (sulfide) groups is 1. The minimum atomic E-state index is -0.341. The van der Waals surface area contributed by atoms with Crippen molar-refractivity contribution in [1.82, 2.24) is 0 Å². The number of benzene rings is 1. The largest absolute Gasteiger partial charge is 0.409 e. The summed E-state index contributed by atoms with van der Waals surface area (Å²) < 4.78 is 13.8. The van der Waals surface area contributed by atoms with E-state index in [0.29, 0.717) is 21.6 Å². The van der Waals surface area contributed by atoms with E-state index >= 15 is 0 Å². The molecule has 0 fully saturated rings. The molecule has 0 bridgehead atoms. The van der Waals surface area contributed by atoms with Crippen LogP contribution in [0.15, 0.2) is 28.3 Å². The Hall–Kier alpha value is -1.23. The van der Waals surface area contributed by atoms with Crippen LogP contribution in [0.1, 0.15) is 26.3 Å². The fourth-order valence-electron chi connectivity index (χ4n) is 1.15. The number of nitrogens with two attached hydrogens (primary N) is 1. The zero-order valence-electron chi connectivity index (χ0n) is 10.1. The predicted octanol–water partition coefficient (Wildman–Crippen LogP) is 3.06. The average molecular weight is 256 g/mol. The van der Waals surface area contributed by atoms with Gasteiger partial charge in [0.05, 0.1) is 0 Å². The van der Waals surface area contributed by atoms with Crippen LogP contribution >= 0.6 is 11.8 Å². The lowest BCUT2D eigenvalue weighted by Gasteiger charge is -2.15. The number of halogens is 1. The van der Waals surface area contributed by atoms with Gasteiger partial charge in [0.1, 0.15) is 5.82 Å². The highest BCUT2D eigenvalue weighted by Gasteiger charge is 2.13. The number of nitrogens with zero attached hydrogens (tertiary/aromatic N) is 1. The van der Waals surface area contributed by atoms with Crippen LogP contribution in [0.2, 0.25) is 0 Å². The third-order valence-electron chi connectivity index (χ3n) is 2.59. The molecule has 0 aliphatic carbocycles. The van der Waals surface area contributed by atoms with Gasteiger partial charge in [0, 0.05) is 15.7 Å². The van der Waals surface area contributed by atoms with Gasteiger partial charge in [-0.05, 0) is 24.1 Å². The fraction of sp³-hybridized carbons (Fsp3) is 0.417. The maximum Gasteiger partial charge on any atom is 0.170 e. The Balaban J connectivity index is 2.91. The molecule has 1 atom stereocenters. The van der Waals surface area contributed by atoms with Crippen molar-refractivity contribution in [3.63, 3.8) is 0 Å². The maximum absolute atomic E-state index is 13.8. The summed E-state index contributed by atoms with van der Waals surface area (Å²) in [4.78, 5) is 0.584. The molecular weight excluding hydrogens is 239 g/mol. The minimum absolute atomic E-state index is 0.0858. The summed E-state index contributed by atoms with van der Waals surface area (Å²) in [6.07, 6.45) is 0. The number of hydrogen-bond donors (Lipinski definition) is 2. The zero-order chi connectivity index (χ0) is 13.0. The fourth-order valence-corrected chi connectivity index (χ4v) is 2.14. The normalized spacial score (nSPS) is 14.1. The van der Waals surface area contributed by atoms with E-state index in [1.54, 1.807) is 12.1 Å². The second kappa shape index (κ2) is 5.91. The van der Waals surface area contributed by atoms with Crippen molar-refractivity contribution in [3.05, 3.63) is 29.6 Å². The summed E-state index contributed by atoms with van der Waals surface area (Å²) >= 11 is 1.49. The highest BCUT2D eigenvalue weighted by Crippen LogP contribution is 2.30. The first kappa shape index (κ1) is 13.8. The number of hydrogen-bond acceptors (Lipinski definition) is 3. The first-order valence-electron chi connectivity index (χ1n) is 5.39. The van der Waals surface area contributed by atoms with E-state index in [2.05, 4.69) is 25.9 Å². The smallest absolute Gasteiger partial charge is 0.170 e. The average Bonchev–Trinajstić information content (AvgIpc) is 2.30. The van der Waals surface area contributed by atoms with Gasteiger partial charge in [0.15, 0.2) is 5.84 Å². The van der Waals surface area contributed by atoms with Crippen molar-refractivity contribution in [1.29, 1.82) is 0 Å². The lowest BCUT2D eigenvalue weighted by Crippen LogP contribution is -2.13. The first-order chi connectivity index (χ1) is 7.95. The molecule has 1 aromatic rings. The van der Waals surface area contributed by atoms with Gasteiger partial charge in [-0.25, -0.2) is 4.39 Å². The van der Waals surface area contributed by atoms with Gasteiger partial charge < -0.3 is 10.9 Å². The molecule has 0 radical (unpaired) electrons. The summed E-state index contributed by atoms with van der Waals surface area (Å²) in [7, 11) is 0. The summed E-state index contributed by atoms with van der Waals surface area (Å²) in [6.45, 7) is 6.26.